The van der Waals surface area contributed by atoms with Crippen LogP contribution in [0, 0.1) is 13.8 Å². The molecule has 1 aromatic heterocycles. The number of esters is 1. The number of para-hydroxylation sites is 1. The molecule has 0 saturated carbocycles. The Morgan fingerprint density at radius 2 is 1.86 bits per heavy atom. The van der Waals surface area contributed by atoms with E-state index >= 15 is 0 Å². The lowest BCUT2D eigenvalue weighted by Gasteiger charge is -2.23. The molecule has 0 fully saturated rings. The van der Waals surface area contributed by atoms with Crippen molar-refractivity contribution in [2.45, 2.75) is 13.8 Å². The van der Waals surface area contributed by atoms with Gasteiger partial charge in [0.1, 0.15) is 12.0 Å². The highest BCUT2D eigenvalue weighted by atomic mass is 16.5. The number of benzene rings is 2. The van der Waals surface area contributed by atoms with E-state index in [1.54, 1.807) is 24.1 Å². The van der Waals surface area contributed by atoms with Gasteiger partial charge < -0.3 is 20.7 Å². The molecule has 7 heteroatoms. The summed E-state index contributed by atoms with van der Waals surface area (Å²) in [7, 11) is 3.14. The monoisotopic (exact) mass is 377 g/mol. The zero-order valence-corrected chi connectivity index (χ0v) is 16.4. The molecule has 0 atom stereocenters. The van der Waals surface area contributed by atoms with Crippen LogP contribution in [0.15, 0.2) is 48.8 Å². The quantitative estimate of drug-likeness (QED) is 0.650. The highest BCUT2D eigenvalue weighted by Gasteiger charge is 2.19. The third-order valence-corrected chi connectivity index (χ3v) is 4.62. The number of hydrogen-bond donors (Lipinski definition) is 2. The Balaban J connectivity index is 1.97. The molecule has 3 N–H and O–H groups in total. The van der Waals surface area contributed by atoms with Crippen molar-refractivity contribution in [1.29, 1.82) is 0 Å². The molecule has 0 radical (unpaired) electrons. The number of nitrogens with two attached hydrogens (primary N) is 1. The molecule has 0 unspecified atom stereocenters. The van der Waals surface area contributed by atoms with Crippen molar-refractivity contribution in [1.82, 2.24) is 9.97 Å². The molecular weight excluding hydrogens is 354 g/mol. The summed E-state index contributed by atoms with van der Waals surface area (Å²) in [5.74, 6) is 0.553. The van der Waals surface area contributed by atoms with E-state index in [9.17, 15) is 4.79 Å². The van der Waals surface area contributed by atoms with Gasteiger partial charge in [-0.05, 0) is 49.2 Å². The van der Waals surface area contributed by atoms with Crippen LogP contribution >= 0.6 is 0 Å². The van der Waals surface area contributed by atoms with Crippen LogP contribution in [-0.2, 0) is 4.74 Å². The number of rotatable bonds is 5. The number of hydrogen-bond acceptors (Lipinski definition) is 7. The first-order valence-corrected chi connectivity index (χ1v) is 8.78. The van der Waals surface area contributed by atoms with Gasteiger partial charge >= 0.3 is 5.97 Å². The molecule has 0 aliphatic heterocycles. The number of aryl methyl sites for hydroxylation is 2. The smallest absolute Gasteiger partial charge is 0.339 e. The number of nitrogens with one attached hydrogen (secondary N) is 1. The topological polar surface area (TPSA) is 93.4 Å². The molecule has 0 bridgehead atoms. The second-order valence-corrected chi connectivity index (χ2v) is 6.45. The summed E-state index contributed by atoms with van der Waals surface area (Å²) in [4.78, 5) is 22.4. The molecule has 0 amide bonds. The normalized spacial score (nSPS) is 10.4. The fraction of sp³-hybridized carbons (Fsp3) is 0.190. The maximum absolute atomic E-state index is 12.1. The number of nitrogen functional groups attached to an aromatic ring is 1. The molecule has 144 valence electrons. The summed E-state index contributed by atoms with van der Waals surface area (Å²) in [6.07, 6.45) is 1.44. The molecule has 28 heavy (non-hydrogen) atoms. The van der Waals surface area contributed by atoms with Crippen LogP contribution in [0.3, 0.4) is 0 Å². The molecule has 2 aromatic carbocycles. The maximum Gasteiger partial charge on any atom is 0.339 e. The largest absolute Gasteiger partial charge is 0.465 e. The van der Waals surface area contributed by atoms with Crippen molar-refractivity contribution in [3.63, 3.8) is 0 Å². The Morgan fingerprint density at radius 1 is 1.11 bits per heavy atom. The van der Waals surface area contributed by atoms with Gasteiger partial charge in [0.15, 0.2) is 11.6 Å². The molecule has 3 aromatic rings. The summed E-state index contributed by atoms with van der Waals surface area (Å²) in [6, 6.07) is 13.2. The van der Waals surface area contributed by atoms with Crippen molar-refractivity contribution in [3.05, 3.63) is 65.5 Å². The Bertz CT molecular complexity index is 1020. The molecule has 0 saturated heterocycles. The first kappa shape index (κ1) is 19.2. The van der Waals surface area contributed by atoms with E-state index < -0.39 is 5.97 Å². The highest BCUT2D eigenvalue weighted by Crippen LogP contribution is 2.33. The number of aromatic nitrogens is 2. The fourth-order valence-corrected chi connectivity index (χ4v) is 2.87. The Kier molecular flexibility index (Phi) is 5.44. The molecule has 0 aliphatic carbocycles. The molecule has 0 aliphatic rings. The van der Waals surface area contributed by atoms with Crippen LogP contribution in [0.2, 0.25) is 0 Å². The van der Waals surface area contributed by atoms with Gasteiger partial charge in [-0.1, -0.05) is 18.2 Å². The minimum absolute atomic E-state index is 0.378. The number of carbonyl (C=O) groups is 1. The number of methoxy groups -OCH3 is 1. The van der Waals surface area contributed by atoms with E-state index in [0.29, 0.717) is 28.6 Å². The van der Waals surface area contributed by atoms with Crippen LogP contribution in [-0.4, -0.2) is 30.1 Å². The fourth-order valence-electron chi connectivity index (χ4n) is 2.87. The Morgan fingerprint density at radius 3 is 2.57 bits per heavy atom. The molecule has 1 heterocycles. The van der Waals surface area contributed by atoms with Crippen LogP contribution in [0.4, 0.5) is 28.7 Å². The van der Waals surface area contributed by atoms with Gasteiger partial charge in [0.2, 0.25) is 0 Å². The average Bonchev–Trinajstić information content (AvgIpc) is 2.71. The molecular formula is C21H23N5O2. The van der Waals surface area contributed by atoms with Gasteiger partial charge in [-0.2, -0.15) is 0 Å². The summed E-state index contributed by atoms with van der Waals surface area (Å²) < 4.78 is 4.87. The van der Waals surface area contributed by atoms with Crippen molar-refractivity contribution in [3.8, 4) is 0 Å². The minimum atomic E-state index is -0.427. The Labute approximate surface area is 164 Å². The van der Waals surface area contributed by atoms with Crippen LogP contribution in [0.1, 0.15) is 21.5 Å². The third-order valence-electron chi connectivity index (χ3n) is 4.62. The highest BCUT2D eigenvalue weighted by molar-refractivity contribution is 5.97. The summed E-state index contributed by atoms with van der Waals surface area (Å²) in [6.45, 7) is 4.11. The van der Waals surface area contributed by atoms with Crippen molar-refractivity contribution in [2.75, 3.05) is 30.1 Å². The van der Waals surface area contributed by atoms with Gasteiger partial charge in [-0.3, -0.25) is 0 Å². The number of nitrogens with zero attached hydrogens (tertiary/aromatic N) is 3. The van der Waals surface area contributed by atoms with Crippen LogP contribution < -0.4 is 16.0 Å². The molecule has 7 nitrogen and oxygen atoms in total. The lowest BCUT2D eigenvalue weighted by molar-refractivity contribution is 0.0601. The number of ether oxygens (including phenoxy) is 1. The summed E-state index contributed by atoms with van der Waals surface area (Å²) >= 11 is 0. The van der Waals surface area contributed by atoms with Gasteiger partial charge in [-0.15, -0.1) is 0 Å². The lowest BCUT2D eigenvalue weighted by Crippen LogP contribution is -2.18. The Hall–Kier alpha value is -3.61. The molecule has 0 spiro atoms. The second-order valence-electron chi connectivity index (χ2n) is 6.45. The SMILES string of the molecule is COC(=O)c1ccccc1N(C)c1ncnc(Nc2ccc(C)c(C)c2)c1N. The summed E-state index contributed by atoms with van der Waals surface area (Å²) in [5.41, 5.74) is 11.1. The first-order chi connectivity index (χ1) is 13.4. The first-order valence-electron chi connectivity index (χ1n) is 8.78. The zero-order valence-electron chi connectivity index (χ0n) is 16.4. The van der Waals surface area contributed by atoms with E-state index in [1.165, 1.54) is 24.6 Å². The van der Waals surface area contributed by atoms with E-state index in [0.717, 1.165) is 5.69 Å². The van der Waals surface area contributed by atoms with Crippen molar-refractivity contribution in [2.24, 2.45) is 0 Å². The average molecular weight is 377 g/mol. The predicted molar refractivity (Wildman–Crippen MR) is 111 cm³/mol. The minimum Gasteiger partial charge on any atom is -0.465 e. The van der Waals surface area contributed by atoms with Gasteiger partial charge in [0.05, 0.1) is 18.4 Å². The summed E-state index contributed by atoms with van der Waals surface area (Å²) in [5, 5.41) is 3.24. The molecule has 3 rings (SSSR count). The van der Waals surface area contributed by atoms with Gasteiger partial charge in [0.25, 0.3) is 0 Å². The standard InChI is InChI=1S/C21H23N5O2/c1-13-9-10-15(11-14(13)2)25-19-18(22)20(24-12-23-19)26(3)17-8-6-5-7-16(17)21(27)28-4/h5-12H,22H2,1-4H3,(H,23,24,25). The van der Waals surface area contributed by atoms with Crippen LogP contribution in [0.25, 0.3) is 0 Å². The van der Waals surface area contributed by atoms with E-state index in [4.69, 9.17) is 10.5 Å². The zero-order chi connectivity index (χ0) is 20.3. The second kappa shape index (κ2) is 7.96. The predicted octanol–water partition coefficient (Wildman–Crippen LogP) is 3.97. The van der Waals surface area contributed by atoms with E-state index in [2.05, 4.69) is 22.2 Å². The van der Waals surface area contributed by atoms with Gasteiger partial charge in [-0.25, -0.2) is 14.8 Å². The van der Waals surface area contributed by atoms with E-state index in [1.807, 2.05) is 37.3 Å². The van der Waals surface area contributed by atoms with Crippen molar-refractivity contribution >= 4 is 34.7 Å². The van der Waals surface area contributed by atoms with Crippen LogP contribution in [0.5, 0.6) is 0 Å². The third kappa shape index (κ3) is 3.73. The van der Waals surface area contributed by atoms with E-state index in [-0.39, 0.29) is 0 Å². The number of carbonyl (C=O) groups excluding carboxylic acids is 1. The van der Waals surface area contributed by atoms with Crippen molar-refractivity contribution < 1.29 is 9.53 Å². The van der Waals surface area contributed by atoms with Gasteiger partial charge in [0, 0.05) is 12.7 Å². The maximum atomic E-state index is 12.1. The lowest BCUT2D eigenvalue weighted by atomic mass is 10.1. The number of anilines is 5.